The van der Waals surface area contributed by atoms with Crippen LogP contribution >= 0.6 is 11.6 Å². The van der Waals surface area contributed by atoms with Gasteiger partial charge in [-0.15, -0.1) is 0 Å². The molecule has 186 valence electrons. The minimum Gasteiger partial charge on any atom is -0.495 e. The minimum atomic E-state index is -3.71. The molecule has 0 atom stereocenters. The predicted molar refractivity (Wildman–Crippen MR) is 139 cm³/mol. The Kier molecular flexibility index (Phi) is 7.75. The van der Waals surface area contributed by atoms with Crippen molar-refractivity contribution in [1.29, 1.82) is 0 Å². The van der Waals surface area contributed by atoms with E-state index in [0.29, 0.717) is 34.7 Å². The quantitative estimate of drug-likeness (QED) is 0.406. The van der Waals surface area contributed by atoms with Crippen molar-refractivity contribution in [1.82, 2.24) is 14.9 Å². The van der Waals surface area contributed by atoms with Crippen molar-refractivity contribution in [3.63, 3.8) is 0 Å². The van der Waals surface area contributed by atoms with E-state index in [-0.39, 0.29) is 10.8 Å². The summed E-state index contributed by atoms with van der Waals surface area (Å²) in [5.41, 5.74) is 3.02. The molecule has 4 rings (SSSR count). The van der Waals surface area contributed by atoms with Gasteiger partial charge in [0.05, 0.1) is 24.7 Å². The van der Waals surface area contributed by atoms with Gasteiger partial charge in [0.2, 0.25) is 16.0 Å². The molecule has 9 nitrogen and oxygen atoms in total. The highest BCUT2D eigenvalue weighted by atomic mass is 35.5. The maximum Gasteiger partial charge on any atom is 0.229 e. The van der Waals surface area contributed by atoms with E-state index < -0.39 is 10.0 Å². The number of methoxy groups -OCH3 is 1. The van der Waals surface area contributed by atoms with Crippen molar-refractivity contribution in [2.45, 2.75) is 24.5 Å². The Hall–Kier alpha value is -2.92. The van der Waals surface area contributed by atoms with Crippen LogP contribution < -0.4 is 20.5 Å². The van der Waals surface area contributed by atoms with Crippen molar-refractivity contribution >= 4 is 44.8 Å². The van der Waals surface area contributed by atoms with E-state index in [1.54, 1.807) is 31.4 Å². The summed E-state index contributed by atoms with van der Waals surface area (Å²) < 4.78 is 28.9. The zero-order valence-electron chi connectivity index (χ0n) is 19.7. The Bertz CT molecular complexity index is 1300. The number of piperidine rings is 1. The number of benzene rings is 2. The molecule has 2 aromatic carbocycles. The number of para-hydroxylation sites is 1. The summed E-state index contributed by atoms with van der Waals surface area (Å²) >= 11 is 6.32. The van der Waals surface area contributed by atoms with E-state index in [1.165, 1.54) is 11.8 Å². The number of rotatable bonds is 8. The third-order valence-corrected chi connectivity index (χ3v) is 7.02. The summed E-state index contributed by atoms with van der Waals surface area (Å²) in [4.78, 5) is 11.1. The summed E-state index contributed by atoms with van der Waals surface area (Å²) in [5.74, 6) is 1.53. The SMILES string of the molecule is COc1cc(C2CCN(C)CC2)ccc1Nc1ncc(Cl)c(Nc2ccccc2CS(N)(=O)=O)n1. The molecule has 0 unspecified atom stereocenters. The summed E-state index contributed by atoms with van der Waals surface area (Å²) in [6.07, 6.45) is 3.71. The number of ether oxygens (including phenoxy) is 1. The number of sulfonamides is 1. The van der Waals surface area contributed by atoms with Crippen molar-refractivity contribution in [2.75, 3.05) is 37.9 Å². The summed E-state index contributed by atoms with van der Waals surface area (Å²) in [7, 11) is 0.0789. The number of nitrogens with one attached hydrogen (secondary N) is 2. The van der Waals surface area contributed by atoms with Gasteiger partial charge in [-0.3, -0.25) is 0 Å². The number of halogens is 1. The molecular weight excluding hydrogens is 488 g/mol. The van der Waals surface area contributed by atoms with E-state index in [0.717, 1.165) is 31.6 Å². The fraction of sp³-hybridized carbons (Fsp3) is 0.333. The molecule has 1 fully saturated rings. The third-order valence-electron chi connectivity index (χ3n) is 6.03. The largest absolute Gasteiger partial charge is 0.495 e. The van der Waals surface area contributed by atoms with Crippen LogP contribution in [0.2, 0.25) is 5.02 Å². The van der Waals surface area contributed by atoms with Gasteiger partial charge >= 0.3 is 0 Å². The topological polar surface area (TPSA) is 122 Å². The molecule has 4 N–H and O–H groups in total. The molecular formula is C24H29ClN6O3S. The highest BCUT2D eigenvalue weighted by Crippen LogP contribution is 2.35. The first-order chi connectivity index (χ1) is 16.7. The van der Waals surface area contributed by atoms with Gasteiger partial charge in [-0.25, -0.2) is 18.5 Å². The standard InChI is InChI=1S/C24H29ClN6O3S/c1-31-11-9-16(10-12-31)17-7-8-21(22(13-17)34-2)29-24-27-14-19(25)23(30-24)28-20-6-4-3-5-18(20)15-35(26,32)33/h3-8,13-14,16H,9-12,15H2,1-2H3,(H2,26,32,33)(H2,27,28,29,30). The van der Waals surface area contributed by atoms with Gasteiger partial charge in [0.25, 0.3) is 0 Å². The summed E-state index contributed by atoms with van der Waals surface area (Å²) in [6, 6.07) is 13.1. The number of hydrogen-bond donors (Lipinski definition) is 3. The lowest BCUT2D eigenvalue weighted by Gasteiger charge is -2.29. The van der Waals surface area contributed by atoms with Gasteiger partial charge in [0.1, 0.15) is 10.8 Å². The lowest BCUT2D eigenvalue weighted by Crippen LogP contribution is -2.29. The third kappa shape index (κ3) is 6.61. The monoisotopic (exact) mass is 516 g/mol. The van der Waals surface area contributed by atoms with Gasteiger partial charge in [0, 0.05) is 5.69 Å². The van der Waals surface area contributed by atoms with Crippen LogP contribution in [-0.2, 0) is 15.8 Å². The maximum absolute atomic E-state index is 11.6. The van der Waals surface area contributed by atoms with Crippen LogP contribution in [0.4, 0.5) is 23.1 Å². The Morgan fingerprint density at radius 1 is 1.14 bits per heavy atom. The van der Waals surface area contributed by atoms with Crippen LogP contribution in [-0.4, -0.2) is 50.5 Å². The molecule has 1 aromatic heterocycles. The molecule has 3 aromatic rings. The zero-order valence-corrected chi connectivity index (χ0v) is 21.2. The van der Waals surface area contributed by atoms with E-state index in [9.17, 15) is 8.42 Å². The second-order valence-electron chi connectivity index (χ2n) is 8.64. The lowest BCUT2D eigenvalue weighted by molar-refractivity contribution is 0.255. The van der Waals surface area contributed by atoms with Gasteiger partial charge in [-0.05, 0) is 68.2 Å². The Morgan fingerprint density at radius 2 is 1.89 bits per heavy atom. The molecule has 1 saturated heterocycles. The first-order valence-electron chi connectivity index (χ1n) is 11.2. The minimum absolute atomic E-state index is 0.283. The van der Waals surface area contributed by atoms with Crippen LogP contribution in [0, 0.1) is 0 Å². The van der Waals surface area contributed by atoms with E-state index in [4.69, 9.17) is 21.5 Å². The number of nitrogens with two attached hydrogens (primary N) is 1. The Balaban J connectivity index is 1.55. The predicted octanol–water partition coefficient (Wildman–Crippen LogP) is 4.22. The second-order valence-corrected chi connectivity index (χ2v) is 10.7. The van der Waals surface area contributed by atoms with Crippen LogP contribution in [0.1, 0.15) is 29.9 Å². The average molecular weight is 517 g/mol. The molecule has 0 radical (unpaired) electrons. The van der Waals surface area contributed by atoms with Crippen LogP contribution in [0.15, 0.2) is 48.7 Å². The fourth-order valence-electron chi connectivity index (χ4n) is 4.15. The molecule has 0 spiro atoms. The lowest BCUT2D eigenvalue weighted by atomic mass is 9.89. The molecule has 0 amide bonds. The summed E-state index contributed by atoms with van der Waals surface area (Å²) in [6.45, 7) is 2.17. The molecule has 0 bridgehead atoms. The number of anilines is 4. The van der Waals surface area contributed by atoms with Crippen LogP contribution in [0.5, 0.6) is 5.75 Å². The molecule has 2 heterocycles. The van der Waals surface area contributed by atoms with Gasteiger partial charge in [-0.2, -0.15) is 4.98 Å². The highest BCUT2D eigenvalue weighted by molar-refractivity contribution is 7.88. The molecule has 0 saturated carbocycles. The van der Waals surface area contributed by atoms with E-state index in [1.807, 2.05) is 6.07 Å². The van der Waals surface area contributed by atoms with Crippen molar-refractivity contribution in [3.8, 4) is 5.75 Å². The first-order valence-corrected chi connectivity index (χ1v) is 13.3. The van der Waals surface area contributed by atoms with Gasteiger partial charge in [-0.1, -0.05) is 35.9 Å². The molecule has 35 heavy (non-hydrogen) atoms. The van der Waals surface area contributed by atoms with Crippen molar-refractivity contribution in [3.05, 3.63) is 64.8 Å². The number of likely N-dealkylation sites (tertiary alicyclic amines) is 1. The number of aromatic nitrogens is 2. The number of hydrogen-bond acceptors (Lipinski definition) is 8. The molecule has 11 heteroatoms. The van der Waals surface area contributed by atoms with E-state index >= 15 is 0 Å². The van der Waals surface area contributed by atoms with Crippen molar-refractivity contribution in [2.24, 2.45) is 5.14 Å². The van der Waals surface area contributed by atoms with E-state index in [2.05, 4.69) is 44.7 Å². The van der Waals surface area contributed by atoms with Gasteiger partial charge < -0.3 is 20.3 Å². The Morgan fingerprint density at radius 3 is 2.60 bits per heavy atom. The molecule has 0 aliphatic carbocycles. The maximum atomic E-state index is 11.6. The average Bonchev–Trinajstić information content (AvgIpc) is 2.82. The molecule has 1 aliphatic heterocycles. The zero-order chi connectivity index (χ0) is 25.0. The number of nitrogens with zero attached hydrogens (tertiary/aromatic N) is 3. The normalized spacial score (nSPS) is 15.1. The van der Waals surface area contributed by atoms with Gasteiger partial charge in [0.15, 0.2) is 5.82 Å². The van der Waals surface area contributed by atoms with Crippen molar-refractivity contribution < 1.29 is 13.2 Å². The van der Waals surface area contributed by atoms with Crippen LogP contribution in [0.25, 0.3) is 0 Å². The highest BCUT2D eigenvalue weighted by Gasteiger charge is 2.20. The fourth-order valence-corrected chi connectivity index (χ4v) is 4.98. The first kappa shape index (κ1) is 25.2. The molecule has 1 aliphatic rings. The Labute approximate surface area is 210 Å². The summed E-state index contributed by atoms with van der Waals surface area (Å²) in [5, 5.41) is 11.8. The second kappa shape index (κ2) is 10.8. The smallest absolute Gasteiger partial charge is 0.229 e. The number of primary sulfonamides is 1. The van der Waals surface area contributed by atoms with Crippen LogP contribution in [0.3, 0.4) is 0 Å².